The van der Waals surface area contributed by atoms with E-state index in [1.54, 1.807) is 12.4 Å². The van der Waals surface area contributed by atoms with Crippen LogP contribution >= 0.6 is 15.9 Å². The van der Waals surface area contributed by atoms with Crippen LogP contribution in [-0.4, -0.2) is 16.0 Å². The molecule has 4 heteroatoms. The van der Waals surface area contributed by atoms with Gasteiger partial charge in [-0.25, -0.2) is 9.97 Å². The zero-order valence-corrected chi connectivity index (χ0v) is 9.58. The van der Waals surface area contributed by atoms with Gasteiger partial charge in [0.05, 0.1) is 10.5 Å². The highest BCUT2D eigenvalue weighted by atomic mass is 79.9. The van der Waals surface area contributed by atoms with Gasteiger partial charge in [0.25, 0.3) is 0 Å². The normalized spacial score (nSPS) is 11.8. The van der Waals surface area contributed by atoms with E-state index in [0.29, 0.717) is 5.95 Å². The highest BCUT2D eigenvalue weighted by Crippen LogP contribution is 2.08. The fourth-order valence-electron chi connectivity index (χ4n) is 1.03. The number of terminal acetylenes is 1. The van der Waals surface area contributed by atoms with Crippen molar-refractivity contribution < 1.29 is 0 Å². The lowest BCUT2D eigenvalue weighted by Crippen LogP contribution is -2.18. The number of nitrogens with one attached hydrogen (secondary N) is 1. The summed E-state index contributed by atoms with van der Waals surface area (Å²) in [6, 6.07) is 0.0150. The molecule has 0 radical (unpaired) electrons. The molecule has 0 spiro atoms. The van der Waals surface area contributed by atoms with Crippen molar-refractivity contribution in [1.82, 2.24) is 9.97 Å². The van der Waals surface area contributed by atoms with Gasteiger partial charge in [-0.15, -0.1) is 6.42 Å². The summed E-state index contributed by atoms with van der Waals surface area (Å²) in [7, 11) is 0. The fraction of sp³-hybridized carbons (Fsp3) is 0.400. The Labute approximate surface area is 92.5 Å². The standard InChI is InChI=1S/C10H12BrN3/c1-3-5-9(4-2)14-10-12-6-8(11)7-13-10/h2,6-7,9H,3,5H2,1H3,(H,12,13,14). The molecule has 1 atom stereocenters. The summed E-state index contributed by atoms with van der Waals surface area (Å²) in [5, 5.41) is 3.08. The average Bonchev–Trinajstić information content (AvgIpc) is 2.20. The monoisotopic (exact) mass is 253 g/mol. The minimum absolute atomic E-state index is 0.0150. The Kier molecular flexibility index (Phi) is 4.41. The lowest BCUT2D eigenvalue weighted by molar-refractivity contribution is 0.748. The van der Waals surface area contributed by atoms with Gasteiger partial charge in [0.15, 0.2) is 0 Å². The predicted molar refractivity (Wildman–Crippen MR) is 60.9 cm³/mol. The van der Waals surface area contributed by atoms with Crippen molar-refractivity contribution in [3.8, 4) is 12.3 Å². The van der Waals surface area contributed by atoms with Crippen LogP contribution in [0.25, 0.3) is 0 Å². The molecule has 0 aliphatic rings. The maximum Gasteiger partial charge on any atom is 0.223 e. The lowest BCUT2D eigenvalue weighted by Gasteiger charge is -2.10. The first-order valence-corrected chi connectivity index (χ1v) is 5.25. The van der Waals surface area contributed by atoms with Crippen molar-refractivity contribution in [3.05, 3.63) is 16.9 Å². The lowest BCUT2D eigenvalue weighted by atomic mass is 10.2. The minimum atomic E-state index is 0.0150. The topological polar surface area (TPSA) is 37.8 Å². The highest BCUT2D eigenvalue weighted by Gasteiger charge is 2.04. The zero-order valence-electron chi connectivity index (χ0n) is 8.00. The minimum Gasteiger partial charge on any atom is -0.341 e. The third-order valence-electron chi connectivity index (χ3n) is 1.70. The van der Waals surface area contributed by atoms with E-state index in [1.807, 2.05) is 0 Å². The van der Waals surface area contributed by atoms with Crippen LogP contribution in [0.15, 0.2) is 16.9 Å². The largest absolute Gasteiger partial charge is 0.341 e. The molecule has 1 aromatic heterocycles. The van der Waals surface area contributed by atoms with Crippen LogP contribution in [0.1, 0.15) is 19.8 Å². The molecule has 0 aliphatic heterocycles. The van der Waals surface area contributed by atoms with E-state index in [2.05, 4.69) is 44.1 Å². The average molecular weight is 254 g/mol. The summed E-state index contributed by atoms with van der Waals surface area (Å²) < 4.78 is 0.857. The fourth-order valence-corrected chi connectivity index (χ4v) is 1.23. The molecule has 1 N–H and O–H groups in total. The summed E-state index contributed by atoms with van der Waals surface area (Å²) >= 11 is 3.27. The molecule has 0 aliphatic carbocycles. The van der Waals surface area contributed by atoms with Crippen LogP contribution in [-0.2, 0) is 0 Å². The van der Waals surface area contributed by atoms with E-state index >= 15 is 0 Å². The van der Waals surface area contributed by atoms with Gasteiger partial charge in [0, 0.05) is 12.4 Å². The van der Waals surface area contributed by atoms with Crippen LogP contribution in [0.2, 0.25) is 0 Å². The number of anilines is 1. The number of halogens is 1. The Hall–Kier alpha value is -1.08. The Morgan fingerprint density at radius 1 is 1.57 bits per heavy atom. The second-order valence-electron chi connectivity index (χ2n) is 2.88. The molecule has 3 nitrogen and oxygen atoms in total. The van der Waals surface area contributed by atoms with E-state index in [1.165, 1.54) is 0 Å². The molecule has 1 heterocycles. The van der Waals surface area contributed by atoms with E-state index < -0.39 is 0 Å². The number of rotatable bonds is 4. The van der Waals surface area contributed by atoms with Gasteiger partial charge in [-0.1, -0.05) is 19.3 Å². The van der Waals surface area contributed by atoms with Crippen LogP contribution in [0, 0.1) is 12.3 Å². The van der Waals surface area contributed by atoms with Gasteiger partial charge in [-0.05, 0) is 22.4 Å². The number of hydrogen-bond acceptors (Lipinski definition) is 3. The smallest absolute Gasteiger partial charge is 0.223 e. The van der Waals surface area contributed by atoms with Crippen molar-refractivity contribution >= 4 is 21.9 Å². The van der Waals surface area contributed by atoms with Crippen LogP contribution < -0.4 is 5.32 Å². The van der Waals surface area contributed by atoms with Crippen molar-refractivity contribution in [1.29, 1.82) is 0 Å². The van der Waals surface area contributed by atoms with Crippen LogP contribution in [0.4, 0.5) is 5.95 Å². The molecule has 1 unspecified atom stereocenters. The zero-order chi connectivity index (χ0) is 10.4. The second kappa shape index (κ2) is 5.61. The molecule has 74 valence electrons. The first-order valence-electron chi connectivity index (χ1n) is 4.46. The third kappa shape index (κ3) is 3.35. The van der Waals surface area contributed by atoms with Crippen molar-refractivity contribution in [3.63, 3.8) is 0 Å². The molecule has 0 aromatic carbocycles. The maximum atomic E-state index is 5.36. The molecule has 1 aromatic rings. The van der Waals surface area contributed by atoms with Crippen LogP contribution in [0.3, 0.4) is 0 Å². The number of aromatic nitrogens is 2. The van der Waals surface area contributed by atoms with Crippen molar-refractivity contribution in [2.45, 2.75) is 25.8 Å². The van der Waals surface area contributed by atoms with E-state index in [0.717, 1.165) is 17.3 Å². The van der Waals surface area contributed by atoms with Crippen molar-refractivity contribution in [2.75, 3.05) is 5.32 Å². The molecule has 0 saturated heterocycles. The SMILES string of the molecule is C#CC(CCC)Nc1ncc(Br)cn1. The predicted octanol–water partition coefficient (Wildman–Crippen LogP) is 2.45. The maximum absolute atomic E-state index is 5.36. The summed E-state index contributed by atoms with van der Waals surface area (Å²) in [5.41, 5.74) is 0. The summed E-state index contributed by atoms with van der Waals surface area (Å²) in [4.78, 5) is 8.17. The molecular weight excluding hydrogens is 242 g/mol. The van der Waals surface area contributed by atoms with Crippen molar-refractivity contribution in [2.24, 2.45) is 0 Å². The van der Waals surface area contributed by atoms with Gasteiger partial charge >= 0.3 is 0 Å². The van der Waals surface area contributed by atoms with Gasteiger partial charge in [-0.2, -0.15) is 0 Å². The molecule has 0 bridgehead atoms. The molecular formula is C10H12BrN3. The Morgan fingerprint density at radius 2 is 2.21 bits per heavy atom. The van der Waals surface area contributed by atoms with E-state index in [4.69, 9.17) is 6.42 Å². The Balaban J connectivity index is 2.59. The second-order valence-corrected chi connectivity index (χ2v) is 3.79. The summed E-state index contributed by atoms with van der Waals surface area (Å²) in [6.45, 7) is 2.09. The van der Waals surface area contributed by atoms with Gasteiger partial charge in [0.1, 0.15) is 0 Å². The molecule has 0 saturated carbocycles. The first-order chi connectivity index (χ1) is 6.76. The first kappa shape index (κ1) is 11.0. The third-order valence-corrected chi connectivity index (χ3v) is 2.11. The molecule has 0 amide bonds. The van der Waals surface area contributed by atoms with E-state index in [9.17, 15) is 0 Å². The quantitative estimate of drug-likeness (QED) is 0.838. The van der Waals surface area contributed by atoms with E-state index in [-0.39, 0.29) is 6.04 Å². The summed E-state index contributed by atoms with van der Waals surface area (Å²) in [5.74, 6) is 3.24. The van der Waals surface area contributed by atoms with Gasteiger partial charge < -0.3 is 5.32 Å². The Bertz CT molecular complexity index is 315. The van der Waals surface area contributed by atoms with Gasteiger partial charge in [0.2, 0.25) is 5.95 Å². The Morgan fingerprint density at radius 3 is 2.71 bits per heavy atom. The number of hydrogen-bond donors (Lipinski definition) is 1. The number of nitrogens with zero attached hydrogens (tertiary/aromatic N) is 2. The molecule has 1 rings (SSSR count). The van der Waals surface area contributed by atoms with Crippen LogP contribution in [0.5, 0.6) is 0 Å². The summed E-state index contributed by atoms with van der Waals surface area (Å²) in [6.07, 6.45) is 10.7. The molecule has 14 heavy (non-hydrogen) atoms. The highest BCUT2D eigenvalue weighted by molar-refractivity contribution is 9.10. The van der Waals surface area contributed by atoms with Gasteiger partial charge in [-0.3, -0.25) is 0 Å². The molecule has 0 fully saturated rings.